The summed E-state index contributed by atoms with van der Waals surface area (Å²) in [5, 5.41) is 0. The number of rotatable bonds is 12. The molecule has 4 nitrogen and oxygen atoms in total. The average Bonchev–Trinajstić information content (AvgIpc) is 2.42. The van der Waals surface area contributed by atoms with Crippen LogP contribution in [0.5, 0.6) is 0 Å². The number of unbranched alkanes of at least 4 members (excludes halogenated alkanes) is 8. The summed E-state index contributed by atoms with van der Waals surface area (Å²) in [6, 6.07) is -0.618. The lowest BCUT2D eigenvalue weighted by molar-refractivity contribution is -0.128. The third-order valence-electron chi connectivity index (χ3n) is 3.51. The van der Waals surface area contributed by atoms with Gasteiger partial charge in [0.15, 0.2) is 0 Å². The highest BCUT2D eigenvalue weighted by atomic mass is 16.2. The lowest BCUT2D eigenvalue weighted by Crippen LogP contribution is -2.41. The third kappa shape index (κ3) is 9.82. The Kier molecular flexibility index (Phi) is 12.3. The van der Waals surface area contributed by atoms with Gasteiger partial charge in [-0.3, -0.25) is 9.69 Å². The number of nitrogens with two attached hydrogens (primary N) is 1. The van der Waals surface area contributed by atoms with Crippen LogP contribution in [-0.2, 0) is 4.79 Å². The van der Waals surface area contributed by atoms with Crippen molar-refractivity contribution < 1.29 is 9.59 Å². The van der Waals surface area contributed by atoms with Gasteiger partial charge in [-0.25, -0.2) is 4.79 Å². The number of nitrogens with zero attached hydrogens (tertiary/aromatic N) is 1. The third-order valence-corrected chi connectivity index (χ3v) is 3.51. The zero-order valence-corrected chi connectivity index (χ0v) is 13.3. The van der Waals surface area contributed by atoms with E-state index in [-0.39, 0.29) is 5.91 Å². The molecule has 0 rings (SSSR count). The molecule has 2 N–H and O–H groups in total. The van der Waals surface area contributed by atoms with E-state index in [1.54, 1.807) is 0 Å². The van der Waals surface area contributed by atoms with Crippen LogP contribution in [0.15, 0.2) is 0 Å². The number of carbonyl (C=O) groups is 2. The molecule has 0 bridgehead atoms. The lowest BCUT2D eigenvalue weighted by Gasteiger charge is -2.17. The van der Waals surface area contributed by atoms with Gasteiger partial charge in [0, 0.05) is 13.0 Å². The van der Waals surface area contributed by atoms with Crippen LogP contribution < -0.4 is 5.73 Å². The number of primary amides is 1. The van der Waals surface area contributed by atoms with Gasteiger partial charge in [0.05, 0.1) is 0 Å². The molecule has 0 saturated carbocycles. The van der Waals surface area contributed by atoms with Crippen molar-refractivity contribution >= 4 is 11.9 Å². The average molecular weight is 284 g/mol. The Hall–Kier alpha value is -1.06. The fraction of sp³-hybridized carbons (Fsp3) is 0.875. The Labute approximate surface area is 124 Å². The van der Waals surface area contributed by atoms with Gasteiger partial charge in [-0.05, 0) is 12.8 Å². The van der Waals surface area contributed by atoms with Crippen LogP contribution in [-0.4, -0.2) is 23.4 Å². The molecule has 0 unspecified atom stereocenters. The molecule has 0 aromatic carbocycles. The molecule has 0 aromatic rings. The molecule has 0 aromatic heterocycles. The fourth-order valence-corrected chi connectivity index (χ4v) is 2.30. The molecule has 0 saturated heterocycles. The van der Waals surface area contributed by atoms with E-state index in [1.165, 1.54) is 49.8 Å². The number of urea groups is 1. The van der Waals surface area contributed by atoms with Crippen LogP contribution in [0.1, 0.15) is 84.5 Å². The molecule has 3 amide bonds. The van der Waals surface area contributed by atoms with Crippen molar-refractivity contribution in [1.29, 1.82) is 0 Å². The summed E-state index contributed by atoms with van der Waals surface area (Å²) in [7, 11) is 0. The monoisotopic (exact) mass is 284 g/mol. The van der Waals surface area contributed by atoms with Gasteiger partial charge in [0.1, 0.15) is 0 Å². The summed E-state index contributed by atoms with van der Waals surface area (Å²) in [5.74, 6) is -0.123. The molecule has 0 aliphatic rings. The van der Waals surface area contributed by atoms with Gasteiger partial charge < -0.3 is 5.73 Å². The highest BCUT2D eigenvalue weighted by molar-refractivity contribution is 5.93. The Morgan fingerprint density at radius 3 is 1.75 bits per heavy atom. The van der Waals surface area contributed by atoms with Crippen LogP contribution in [0.3, 0.4) is 0 Å². The van der Waals surface area contributed by atoms with Gasteiger partial charge in [-0.1, -0.05) is 65.2 Å². The van der Waals surface area contributed by atoms with Crippen LogP contribution in [0.2, 0.25) is 0 Å². The molecule has 0 fully saturated rings. The molecule has 0 radical (unpaired) electrons. The second kappa shape index (κ2) is 12.9. The molecule has 0 aliphatic heterocycles. The molecule has 118 valence electrons. The quantitative estimate of drug-likeness (QED) is 0.545. The van der Waals surface area contributed by atoms with Crippen molar-refractivity contribution in [2.24, 2.45) is 5.73 Å². The van der Waals surface area contributed by atoms with Crippen LogP contribution in [0, 0.1) is 0 Å². The van der Waals surface area contributed by atoms with Crippen molar-refractivity contribution in [3.05, 3.63) is 0 Å². The molecule has 0 heterocycles. The predicted octanol–water partition coefficient (Wildman–Crippen LogP) is 4.22. The summed E-state index contributed by atoms with van der Waals surface area (Å²) in [5.41, 5.74) is 5.20. The van der Waals surface area contributed by atoms with E-state index in [9.17, 15) is 9.59 Å². The second-order valence-electron chi connectivity index (χ2n) is 5.46. The zero-order valence-electron chi connectivity index (χ0n) is 13.3. The van der Waals surface area contributed by atoms with Gasteiger partial charge in [0.2, 0.25) is 5.91 Å². The Morgan fingerprint density at radius 1 is 0.800 bits per heavy atom. The van der Waals surface area contributed by atoms with Crippen molar-refractivity contribution in [3.8, 4) is 0 Å². The van der Waals surface area contributed by atoms with E-state index >= 15 is 0 Å². The standard InChI is InChI=1S/C16H32N2O2/c1-3-5-6-7-8-9-10-11-12-13-15(19)18(14-4-2)16(17)20/h3-14H2,1-2H3,(H2,17,20). The Bertz CT molecular complexity index is 267. The molecule has 0 aliphatic carbocycles. The van der Waals surface area contributed by atoms with E-state index in [0.29, 0.717) is 13.0 Å². The highest BCUT2D eigenvalue weighted by Gasteiger charge is 2.16. The van der Waals surface area contributed by atoms with E-state index in [4.69, 9.17) is 5.73 Å². The number of hydrogen-bond donors (Lipinski definition) is 1. The number of amides is 3. The minimum atomic E-state index is -0.618. The lowest BCUT2D eigenvalue weighted by atomic mass is 10.1. The highest BCUT2D eigenvalue weighted by Crippen LogP contribution is 2.11. The SMILES string of the molecule is CCCCCCCCCCCC(=O)N(CCC)C(N)=O. The van der Waals surface area contributed by atoms with Gasteiger partial charge in [0.25, 0.3) is 0 Å². The summed E-state index contributed by atoms with van der Waals surface area (Å²) in [6.45, 7) is 4.60. The first-order valence-corrected chi connectivity index (χ1v) is 8.23. The summed E-state index contributed by atoms with van der Waals surface area (Å²) < 4.78 is 0. The Balaban J connectivity index is 3.53. The molecular formula is C16H32N2O2. The molecular weight excluding hydrogens is 252 g/mol. The normalized spacial score (nSPS) is 10.5. The maximum absolute atomic E-state index is 11.8. The first-order chi connectivity index (χ1) is 9.63. The van der Waals surface area contributed by atoms with E-state index in [1.807, 2.05) is 6.92 Å². The summed E-state index contributed by atoms with van der Waals surface area (Å²) >= 11 is 0. The van der Waals surface area contributed by atoms with Crippen LogP contribution >= 0.6 is 0 Å². The maximum atomic E-state index is 11.8. The number of imide groups is 1. The Morgan fingerprint density at radius 2 is 1.30 bits per heavy atom. The molecule has 20 heavy (non-hydrogen) atoms. The topological polar surface area (TPSA) is 63.4 Å². The van der Waals surface area contributed by atoms with Crippen molar-refractivity contribution in [3.63, 3.8) is 0 Å². The van der Waals surface area contributed by atoms with Crippen LogP contribution in [0.4, 0.5) is 4.79 Å². The smallest absolute Gasteiger partial charge is 0.321 e. The number of carbonyl (C=O) groups excluding carboxylic acids is 2. The van der Waals surface area contributed by atoms with E-state index in [0.717, 1.165) is 19.3 Å². The zero-order chi connectivity index (χ0) is 15.2. The maximum Gasteiger partial charge on any atom is 0.321 e. The minimum Gasteiger partial charge on any atom is -0.351 e. The largest absolute Gasteiger partial charge is 0.351 e. The van der Waals surface area contributed by atoms with Crippen molar-refractivity contribution in [2.75, 3.05) is 6.54 Å². The van der Waals surface area contributed by atoms with Gasteiger partial charge >= 0.3 is 6.03 Å². The van der Waals surface area contributed by atoms with Crippen LogP contribution in [0.25, 0.3) is 0 Å². The molecule has 0 atom stereocenters. The molecule has 4 heteroatoms. The first kappa shape index (κ1) is 18.9. The van der Waals surface area contributed by atoms with E-state index in [2.05, 4.69) is 6.92 Å². The summed E-state index contributed by atoms with van der Waals surface area (Å²) in [4.78, 5) is 24.1. The predicted molar refractivity (Wildman–Crippen MR) is 83.4 cm³/mol. The second-order valence-corrected chi connectivity index (χ2v) is 5.46. The van der Waals surface area contributed by atoms with Gasteiger partial charge in [-0.15, -0.1) is 0 Å². The van der Waals surface area contributed by atoms with Crippen molar-refractivity contribution in [1.82, 2.24) is 4.90 Å². The van der Waals surface area contributed by atoms with Crippen molar-refractivity contribution in [2.45, 2.75) is 84.5 Å². The fourth-order valence-electron chi connectivity index (χ4n) is 2.30. The van der Waals surface area contributed by atoms with E-state index < -0.39 is 6.03 Å². The number of hydrogen-bond acceptors (Lipinski definition) is 2. The first-order valence-electron chi connectivity index (χ1n) is 8.23. The minimum absolute atomic E-state index is 0.123. The molecule has 0 spiro atoms. The summed E-state index contributed by atoms with van der Waals surface area (Å²) in [6.07, 6.45) is 12.2. The van der Waals surface area contributed by atoms with Gasteiger partial charge in [-0.2, -0.15) is 0 Å².